The normalized spacial score (nSPS) is 10.4. The second-order valence-corrected chi connectivity index (χ2v) is 4.37. The van der Waals surface area contributed by atoms with Gasteiger partial charge in [0.1, 0.15) is 5.75 Å². The third-order valence-corrected chi connectivity index (χ3v) is 2.85. The largest absolute Gasteiger partial charge is 0.495 e. The first-order valence-corrected chi connectivity index (χ1v) is 6.35. The lowest BCUT2D eigenvalue weighted by molar-refractivity contribution is 0.409. The molecule has 1 N–H and O–H groups in total. The van der Waals surface area contributed by atoms with E-state index in [9.17, 15) is 0 Å². The number of benzene rings is 1. The Morgan fingerprint density at radius 1 is 1.40 bits per heavy atom. The molecule has 0 bridgehead atoms. The molecule has 0 unspecified atom stereocenters. The van der Waals surface area contributed by atoms with Crippen LogP contribution in [-0.4, -0.2) is 19.1 Å². The van der Waals surface area contributed by atoms with Gasteiger partial charge in [-0.05, 0) is 24.1 Å². The smallest absolute Gasteiger partial charge is 0.140 e. The summed E-state index contributed by atoms with van der Waals surface area (Å²) in [6, 6.07) is 3.56. The van der Waals surface area contributed by atoms with Crippen molar-refractivity contribution in [2.75, 3.05) is 19.1 Å². The van der Waals surface area contributed by atoms with E-state index in [1.807, 2.05) is 6.07 Å². The molecule has 0 saturated carbocycles. The average molecular weight is 313 g/mol. The molecule has 1 aromatic carbocycles. The third-order valence-electron chi connectivity index (χ3n) is 1.96. The zero-order chi connectivity index (χ0) is 11.3. The first kappa shape index (κ1) is 13.1. The summed E-state index contributed by atoms with van der Waals surface area (Å²) in [4.78, 5) is 0. The van der Waals surface area contributed by atoms with Crippen LogP contribution in [-0.2, 0) is 6.42 Å². The molecule has 0 heterocycles. The Morgan fingerprint density at radius 3 is 2.73 bits per heavy atom. The van der Waals surface area contributed by atoms with Crippen LogP contribution in [0.4, 0.5) is 0 Å². The number of hydrogen-bond acceptors (Lipinski definition) is 2. The van der Waals surface area contributed by atoms with E-state index in [1.165, 1.54) is 0 Å². The van der Waals surface area contributed by atoms with E-state index in [1.54, 1.807) is 13.2 Å². The van der Waals surface area contributed by atoms with E-state index in [2.05, 4.69) is 21.2 Å². The molecule has 0 spiro atoms. The summed E-state index contributed by atoms with van der Waals surface area (Å²) in [5.74, 6) is 0.706. The van der Waals surface area contributed by atoms with E-state index in [0.717, 1.165) is 24.0 Å². The molecule has 0 aliphatic heterocycles. The van der Waals surface area contributed by atoms with Gasteiger partial charge < -0.3 is 10.1 Å². The summed E-state index contributed by atoms with van der Waals surface area (Å²) in [5.41, 5.74) is 1.78. The molecule has 84 valence electrons. The first-order chi connectivity index (χ1) is 7.19. The number of rotatable bonds is 5. The second kappa shape index (κ2) is 6.59. The minimum Gasteiger partial charge on any atom is -0.495 e. The summed E-state index contributed by atoms with van der Waals surface area (Å²) in [6.45, 7) is 0.846. The molecule has 0 saturated heterocycles. The maximum Gasteiger partial charge on any atom is 0.140 e. The van der Waals surface area contributed by atoms with Crippen LogP contribution in [0, 0.1) is 0 Å². The van der Waals surface area contributed by atoms with Crippen LogP contribution < -0.4 is 10.1 Å². The molecular formula is C10H12BrCl2NO. The highest BCUT2D eigenvalue weighted by atomic mass is 79.9. The van der Waals surface area contributed by atoms with E-state index in [-0.39, 0.29) is 0 Å². The Morgan fingerprint density at radius 2 is 2.13 bits per heavy atom. The Balaban J connectivity index is 2.84. The van der Waals surface area contributed by atoms with E-state index < -0.39 is 0 Å². The monoisotopic (exact) mass is 311 g/mol. The molecule has 15 heavy (non-hydrogen) atoms. The summed E-state index contributed by atoms with van der Waals surface area (Å²) < 4.78 is 5.23. The number of ether oxygens (including phenoxy) is 1. The highest BCUT2D eigenvalue weighted by Crippen LogP contribution is 2.32. The van der Waals surface area contributed by atoms with Gasteiger partial charge in [-0.1, -0.05) is 39.1 Å². The lowest BCUT2D eigenvalue weighted by atomic mass is 10.1. The Bertz CT molecular complexity index is 333. The maximum atomic E-state index is 6.01. The molecular weight excluding hydrogens is 301 g/mol. The minimum atomic E-state index is 0.554. The quantitative estimate of drug-likeness (QED) is 0.510. The topological polar surface area (TPSA) is 21.3 Å². The van der Waals surface area contributed by atoms with Gasteiger partial charge >= 0.3 is 0 Å². The van der Waals surface area contributed by atoms with Gasteiger partial charge in [-0.15, -0.1) is 0 Å². The van der Waals surface area contributed by atoms with Crippen molar-refractivity contribution in [1.29, 1.82) is 0 Å². The SMILES string of the molecule is COc1c(Cl)cc(Cl)cc1CCNCBr. The van der Waals surface area contributed by atoms with E-state index in [0.29, 0.717) is 15.8 Å². The predicted octanol–water partition coefficient (Wildman–Crippen LogP) is 3.49. The van der Waals surface area contributed by atoms with Crippen molar-refractivity contribution in [3.8, 4) is 5.75 Å². The Labute approximate surface area is 108 Å². The van der Waals surface area contributed by atoms with Crippen LogP contribution >= 0.6 is 39.1 Å². The van der Waals surface area contributed by atoms with Crippen molar-refractivity contribution in [3.05, 3.63) is 27.7 Å². The number of nitrogens with one attached hydrogen (secondary N) is 1. The minimum absolute atomic E-state index is 0.554. The summed E-state index contributed by atoms with van der Waals surface area (Å²) >= 11 is 15.2. The maximum absolute atomic E-state index is 6.01. The van der Waals surface area contributed by atoms with Gasteiger partial charge in [0.25, 0.3) is 0 Å². The van der Waals surface area contributed by atoms with Crippen LogP contribution in [0.15, 0.2) is 12.1 Å². The molecule has 0 atom stereocenters. The average Bonchev–Trinajstić information content (AvgIpc) is 2.17. The molecule has 0 amide bonds. The molecule has 0 fully saturated rings. The molecule has 5 heteroatoms. The number of alkyl halides is 1. The van der Waals surface area contributed by atoms with Crippen molar-refractivity contribution >= 4 is 39.1 Å². The Kier molecular flexibility index (Phi) is 5.75. The molecule has 0 aromatic heterocycles. The van der Waals surface area contributed by atoms with Crippen molar-refractivity contribution in [3.63, 3.8) is 0 Å². The van der Waals surface area contributed by atoms with Crippen LogP contribution in [0.25, 0.3) is 0 Å². The van der Waals surface area contributed by atoms with Crippen LogP contribution in [0.3, 0.4) is 0 Å². The fourth-order valence-corrected chi connectivity index (χ4v) is 2.21. The molecule has 1 aromatic rings. The Hall–Kier alpha value is 0.0400. The van der Waals surface area contributed by atoms with Gasteiger partial charge in [-0.25, -0.2) is 0 Å². The predicted molar refractivity (Wildman–Crippen MR) is 68.5 cm³/mol. The van der Waals surface area contributed by atoms with Gasteiger partial charge in [0.2, 0.25) is 0 Å². The van der Waals surface area contributed by atoms with Crippen molar-refractivity contribution in [2.45, 2.75) is 6.42 Å². The van der Waals surface area contributed by atoms with Crippen LogP contribution in [0.5, 0.6) is 5.75 Å². The van der Waals surface area contributed by atoms with Gasteiger partial charge in [-0.3, -0.25) is 0 Å². The number of hydrogen-bond donors (Lipinski definition) is 1. The highest BCUT2D eigenvalue weighted by molar-refractivity contribution is 9.09. The van der Waals surface area contributed by atoms with E-state index >= 15 is 0 Å². The zero-order valence-electron chi connectivity index (χ0n) is 8.32. The van der Waals surface area contributed by atoms with Gasteiger partial charge in [0.15, 0.2) is 0 Å². The van der Waals surface area contributed by atoms with Gasteiger partial charge in [0.05, 0.1) is 17.6 Å². The fraction of sp³-hybridized carbons (Fsp3) is 0.400. The third kappa shape index (κ3) is 3.83. The lowest BCUT2D eigenvalue weighted by Crippen LogP contribution is -2.14. The second-order valence-electron chi connectivity index (χ2n) is 2.96. The van der Waals surface area contributed by atoms with Crippen molar-refractivity contribution < 1.29 is 4.74 Å². The summed E-state index contributed by atoms with van der Waals surface area (Å²) in [7, 11) is 1.61. The van der Waals surface area contributed by atoms with Gasteiger partial charge in [-0.2, -0.15) is 0 Å². The molecule has 2 nitrogen and oxygen atoms in total. The van der Waals surface area contributed by atoms with Crippen LogP contribution in [0.1, 0.15) is 5.56 Å². The fourth-order valence-electron chi connectivity index (χ4n) is 1.32. The standard InChI is InChI=1S/C10H12BrCl2NO/c1-15-10-7(2-3-14-6-11)4-8(12)5-9(10)13/h4-5,14H,2-3,6H2,1H3. The lowest BCUT2D eigenvalue weighted by Gasteiger charge is -2.10. The van der Waals surface area contributed by atoms with Gasteiger partial charge in [0, 0.05) is 11.6 Å². The first-order valence-electron chi connectivity index (χ1n) is 4.47. The zero-order valence-corrected chi connectivity index (χ0v) is 11.4. The summed E-state index contributed by atoms with van der Waals surface area (Å²) in [5, 5.41) is 4.35. The van der Waals surface area contributed by atoms with Crippen molar-refractivity contribution in [2.24, 2.45) is 0 Å². The molecule has 0 radical (unpaired) electrons. The molecule has 1 rings (SSSR count). The molecule has 0 aliphatic rings. The number of methoxy groups -OCH3 is 1. The van der Waals surface area contributed by atoms with E-state index in [4.69, 9.17) is 27.9 Å². The van der Waals surface area contributed by atoms with Crippen LogP contribution in [0.2, 0.25) is 10.0 Å². The molecule has 0 aliphatic carbocycles. The number of halogens is 3. The summed E-state index contributed by atoms with van der Waals surface area (Å²) in [6.07, 6.45) is 0.828. The highest BCUT2D eigenvalue weighted by Gasteiger charge is 2.09. The van der Waals surface area contributed by atoms with Crippen molar-refractivity contribution in [1.82, 2.24) is 5.32 Å².